The molecule has 0 saturated carbocycles. The SMILES string of the molecule is CCC(C)(C)c1cc(C(=O)OCOC)cc(C(C)(C)CC)c1O. The number of aromatic hydroxyl groups is 1. The van der Waals surface area contributed by atoms with Crippen molar-refractivity contribution in [2.75, 3.05) is 13.9 Å². The molecular formula is C19H30O4. The Morgan fingerprint density at radius 2 is 1.48 bits per heavy atom. The van der Waals surface area contributed by atoms with Crippen LogP contribution in [0.3, 0.4) is 0 Å². The number of benzene rings is 1. The molecule has 0 heterocycles. The van der Waals surface area contributed by atoms with Gasteiger partial charge in [0.15, 0.2) is 6.79 Å². The van der Waals surface area contributed by atoms with Gasteiger partial charge < -0.3 is 14.6 Å². The highest BCUT2D eigenvalue weighted by molar-refractivity contribution is 5.90. The molecule has 0 aliphatic rings. The first-order chi connectivity index (χ1) is 10.6. The van der Waals surface area contributed by atoms with Crippen LogP contribution in [0.5, 0.6) is 5.75 Å². The molecule has 0 fully saturated rings. The molecule has 0 atom stereocenters. The quantitative estimate of drug-likeness (QED) is 0.592. The Labute approximate surface area is 139 Å². The molecule has 1 aromatic rings. The molecule has 0 bridgehead atoms. The van der Waals surface area contributed by atoms with Crippen molar-refractivity contribution in [2.24, 2.45) is 0 Å². The van der Waals surface area contributed by atoms with Gasteiger partial charge in [0.05, 0.1) is 5.56 Å². The summed E-state index contributed by atoms with van der Waals surface area (Å²) in [5.41, 5.74) is 1.54. The lowest BCUT2D eigenvalue weighted by Gasteiger charge is -2.31. The molecule has 0 spiro atoms. The van der Waals surface area contributed by atoms with Gasteiger partial charge >= 0.3 is 5.97 Å². The van der Waals surface area contributed by atoms with Crippen molar-refractivity contribution in [3.63, 3.8) is 0 Å². The molecule has 130 valence electrons. The van der Waals surface area contributed by atoms with Gasteiger partial charge in [-0.3, -0.25) is 0 Å². The van der Waals surface area contributed by atoms with Crippen LogP contribution in [-0.2, 0) is 20.3 Å². The lowest BCUT2D eigenvalue weighted by molar-refractivity contribution is -0.0125. The number of carbonyl (C=O) groups excluding carboxylic acids is 1. The molecule has 0 aromatic heterocycles. The predicted molar refractivity (Wildman–Crippen MR) is 92.0 cm³/mol. The van der Waals surface area contributed by atoms with E-state index in [2.05, 4.69) is 41.5 Å². The first kappa shape index (κ1) is 19.5. The number of hydrogen-bond donors (Lipinski definition) is 1. The van der Waals surface area contributed by atoms with E-state index in [0.29, 0.717) is 5.56 Å². The van der Waals surface area contributed by atoms with Crippen LogP contribution in [0.4, 0.5) is 0 Å². The zero-order valence-electron chi connectivity index (χ0n) is 15.4. The molecule has 23 heavy (non-hydrogen) atoms. The highest BCUT2D eigenvalue weighted by atomic mass is 16.7. The van der Waals surface area contributed by atoms with Crippen LogP contribution in [0.15, 0.2) is 12.1 Å². The zero-order chi connectivity index (χ0) is 17.8. The largest absolute Gasteiger partial charge is 0.507 e. The van der Waals surface area contributed by atoms with Crippen molar-refractivity contribution in [1.29, 1.82) is 0 Å². The normalized spacial score (nSPS) is 12.3. The molecule has 4 nitrogen and oxygen atoms in total. The molecule has 0 aliphatic carbocycles. The summed E-state index contributed by atoms with van der Waals surface area (Å²) in [5.74, 6) is -0.153. The van der Waals surface area contributed by atoms with E-state index in [4.69, 9.17) is 9.47 Å². The third-order valence-electron chi connectivity index (χ3n) is 4.88. The second-order valence-corrected chi connectivity index (χ2v) is 7.23. The van der Waals surface area contributed by atoms with Gasteiger partial charge in [-0.1, -0.05) is 41.5 Å². The third kappa shape index (κ3) is 4.25. The molecular weight excluding hydrogens is 292 g/mol. The summed E-state index contributed by atoms with van der Waals surface area (Å²) >= 11 is 0. The van der Waals surface area contributed by atoms with Crippen molar-refractivity contribution < 1.29 is 19.4 Å². The summed E-state index contributed by atoms with van der Waals surface area (Å²) in [5, 5.41) is 10.8. The second-order valence-electron chi connectivity index (χ2n) is 7.23. The smallest absolute Gasteiger partial charge is 0.340 e. The van der Waals surface area contributed by atoms with Crippen molar-refractivity contribution >= 4 is 5.97 Å². The highest BCUT2D eigenvalue weighted by Gasteiger charge is 2.30. The monoisotopic (exact) mass is 322 g/mol. The van der Waals surface area contributed by atoms with Gasteiger partial charge in [0, 0.05) is 18.2 Å². The van der Waals surface area contributed by atoms with E-state index in [1.165, 1.54) is 7.11 Å². The number of esters is 1. The summed E-state index contributed by atoms with van der Waals surface area (Å²) < 4.78 is 9.88. The van der Waals surface area contributed by atoms with Gasteiger partial charge in [-0.15, -0.1) is 0 Å². The topological polar surface area (TPSA) is 55.8 Å². The fourth-order valence-electron chi connectivity index (χ4n) is 2.36. The standard InChI is InChI=1S/C19H30O4/c1-8-18(3,4)14-10-13(17(21)23-12-22-7)11-15(16(14)20)19(5,6)9-2/h10-11,20H,8-9,12H2,1-7H3. The van der Waals surface area contributed by atoms with Crippen molar-refractivity contribution in [3.8, 4) is 5.75 Å². The summed E-state index contributed by atoms with van der Waals surface area (Å²) in [6.45, 7) is 12.3. The lowest BCUT2D eigenvalue weighted by Crippen LogP contribution is -2.22. The van der Waals surface area contributed by atoms with E-state index < -0.39 is 5.97 Å². The first-order valence-electron chi connectivity index (χ1n) is 8.14. The van der Waals surface area contributed by atoms with Crippen LogP contribution in [0.25, 0.3) is 0 Å². The number of carbonyl (C=O) groups is 1. The van der Waals surface area contributed by atoms with Gasteiger partial charge in [-0.05, 0) is 35.8 Å². The second kappa shape index (κ2) is 7.35. The van der Waals surface area contributed by atoms with Crippen LogP contribution < -0.4 is 0 Å². The Morgan fingerprint density at radius 1 is 1.04 bits per heavy atom. The maximum Gasteiger partial charge on any atom is 0.340 e. The Kier molecular flexibility index (Phi) is 6.23. The minimum Gasteiger partial charge on any atom is -0.507 e. The number of phenols is 1. The zero-order valence-corrected chi connectivity index (χ0v) is 15.4. The van der Waals surface area contributed by atoms with Crippen LogP contribution in [0.1, 0.15) is 75.9 Å². The van der Waals surface area contributed by atoms with Crippen LogP contribution >= 0.6 is 0 Å². The van der Waals surface area contributed by atoms with E-state index in [0.717, 1.165) is 24.0 Å². The summed E-state index contributed by atoms with van der Waals surface area (Å²) in [6, 6.07) is 3.48. The molecule has 0 radical (unpaired) electrons. The summed E-state index contributed by atoms with van der Waals surface area (Å²) in [7, 11) is 1.47. The maximum absolute atomic E-state index is 12.3. The van der Waals surface area contributed by atoms with Crippen LogP contribution in [0.2, 0.25) is 0 Å². The number of ether oxygens (including phenoxy) is 2. The lowest BCUT2D eigenvalue weighted by atomic mass is 9.75. The van der Waals surface area contributed by atoms with Crippen molar-refractivity contribution in [2.45, 2.75) is 65.2 Å². The molecule has 1 aromatic carbocycles. The Bertz CT molecular complexity index is 521. The highest BCUT2D eigenvalue weighted by Crippen LogP contribution is 2.42. The summed E-state index contributed by atoms with van der Waals surface area (Å²) in [6.07, 6.45) is 1.70. The summed E-state index contributed by atoms with van der Waals surface area (Å²) in [4.78, 5) is 12.3. The van der Waals surface area contributed by atoms with Crippen molar-refractivity contribution in [3.05, 3.63) is 28.8 Å². The van der Waals surface area contributed by atoms with Gasteiger partial charge in [0.25, 0.3) is 0 Å². The minimum atomic E-state index is -0.437. The van der Waals surface area contributed by atoms with E-state index in [1.807, 2.05) is 0 Å². The van der Waals surface area contributed by atoms with E-state index in [1.54, 1.807) is 12.1 Å². The number of hydrogen-bond acceptors (Lipinski definition) is 4. The molecule has 1 rings (SSSR count). The van der Waals surface area contributed by atoms with E-state index >= 15 is 0 Å². The van der Waals surface area contributed by atoms with Crippen molar-refractivity contribution in [1.82, 2.24) is 0 Å². The van der Waals surface area contributed by atoms with Crippen LogP contribution in [-0.4, -0.2) is 25.0 Å². The van der Waals surface area contributed by atoms with Gasteiger partial charge in [0.1, 0.15) is 5.75 Å². The maximum atomic E-state index is 12.3. The van der Waals surface area contributed by atoms with Gasteiger partial charge in [-0.2, -0.15) is 0 Å². The minimum absolute atomic E-state index is 0.0846. The molecule has 4 heteroatoms. The molecule has 0 unspecified atom stereocenters. The molecule has 0 amide bonds. The average molecular weight is 322 g/mol. The molecule has 0 aliphatic heterocycles. The Hall–Kier alpha value is -1.55. The van der Waals surface area contributed by atoms with Gasteiger partial charge in [0.2, 0.25) is 0 Å². The van der Waals surface area contributed by atoms with Crippen LogP contribution in [0, 0.1) is 0 Å². The molecule has 0 saturated heterocycles. The Balaban J connectivity index is 3.53. The van der Waals surface area contributed by atoms with E-state index in [-0.39, 0.29) is 23.4 Å². The average Bonchev–Trinajstić information content (AvgIpc) is 2.52. The predicted octanol–water partition coefficient (Wildman–Crippen LogP) is 4.53. The first-order valence-corrected chi connectivity index (χ1v) is 8.14. The number of phenolic OH excluding ortho intramolecular Hbond substituents is 1. The Morgan fingerprint density at radius 3 is 1.83 bits per heavy atom. The fraction of sp³-hybridized carbons (Fsp3) is 0.632. The van der Waals surface area contributed by atoms with Gasteiger partial charge in [-0.25, -0.2) is 4.79 Å². The van der Waals surface area contributed by atoms with E-state index in [9.17, 15) is 9.90 Å². The molecule has 1 N–H and O–H groups in total. The number of methoxy groups -OCH3 is 1. The third-order valence-corrected chi connectivity index (χ3v) is 4.88. The fourth-order valence-corrected chi connectivity index (χ4v) is 2.36. The number of rotatable bonds is 7.